The Balaban J connectivity index is 2.26. The minimum atomic E-state index is -0.0182. The van der Waals surface area contributed by atoms with Crippen LogP contribution < -0.4 is 5.73 Å². The van der Waals surface area contributed by atoms with Crippen LogP contribution in [-0.2, 0) is 0 Å². The summed E-state index contributed by atoms with van der Waals surface area (Å²) in [5.74, 6) is 0. The van der Waals surface area contributed by atoms with E-state index in [9.17, 15) is 0 Å². The molecule has 0 aliphatic heterocycles. The van der Waals surface area contributed by atoms with Crippen molar-refractivity contribution >= 4 is 0 Å². The monoisotopic (exact) mass is 244 g/mol. The average Bonchev–Trinajstić information content (AvgIpc) is 2.82. The molecule has 96 valence electrons. The smallest absolute Gasteiger partial charge is 0.0998 e. The summed E-state index contributed by atoms with van der Waals surface area (Å²) in [5.41, 5.74) is 10.5. The molecule has 0 fully saturated rings. The number of nitrogens with zero attached hydrogens (tertiary/aromatic N) is 3. The van der Waals surface area contributed by atoms with Crippen molar-refractivity contribution < 1.29 is 0 Å². The highest BCUT2D eigenvalue weighted by atomic mass is 15.4. The first-order valence-corrected chi connectivity index (χ1v) is 6.37. The van der Waals surface area contributed by atoms with Crippen molar-refractivity contribution in [3.8, 4) is 5.69 Å². The average molecular weight is 244 g/mol. The van der Waals surface area contributed by atoms with Crippen LogP contribution in [0.25, 0.3) is 5.69 Å². The molecule has 0 saturated heterocycles. The van der Waals surface area contributed by atoms with Gasteiger partial charge in [0.1, 0.15) is 0 Å². The van der Waals surface area contributed by atoms with Crippen molar-refractivity contribution in [2.45, 2.75) is 39.7 Å². The molecule has 0 aliphatic rings. The van der Waals surface area contributed by atoms with Gasteiger partial charge in [0, 0.05) is 0 Å². The molecule has 0 spiro atoms. The summed E-state index contributed by atoms with van der Waals surface area (Å²) < 4.78 is 1.79. The van der Waals surface area contributed by atoms with Crippen LogP contribution in [0.1, 0.15) is 42.6 Å². The van der Waals surface area contributed by atoms with E-state index in [1.165, 1.54) is 11.1 Å². The maximum atomic E-state index is 6.04. The molecule has 1 aromatic heterocycles. The quantitative estimate of drug-likeness (QED) is 0.899. The van der Waals surface area contributed by atoms with Crippen molar-refractivity contribution in [3.63, 3.8) is 0 Å². The molecule has 0 radical (unpaired) electrons. The number of hydrogen-bond acceptors (Lipinski definition) is 3. The molecule has 0 bridgehead atoms. The molecular weight excluding hydrogens is 224 g/mol. The molecule has 0 amide bonds. The van der Waals surface area contributed by atoms with E-state index in [2.05, 4.69) is 43.2 Å². The molecule has 0 saturated carbocycles. The van der Waals surface area contributed by atoms with E-state index in [4.69, 9.17) is 5.73 Å². The van der Waals surface area contributed by atoms with Gasteiger partial charge in [0.15, 0.2) is 0 Å². The predicted octanol–water partition coefficient (Wildman–Crippen LogP) is 2.68. The molecule has 1 heterocycles. The van der Waals surface area contributed by atoms with E-state index in [0.29, 0.717) is 0 Å². The Hall–Kier alpha value is -1.68. The van der Waals surface area contributed by atoms with Gasteiger partial charge in [-0.3, -0.25) is 0 Å². The summed E-state index contributed by atoms with van der Waals surface area (Å²) in [4.78, 5) is 0. The largest absolute Gasteiger partial charge is 0.323 e. The zero-order valence-electron chi connectivity index (χ0n) is 11.2. The van der Waals surface area contributed by atoms with Gasteiger partial charge in [-0.2, -0.15) is 0 Å². The zero-order chi connectivity index (χ0) is 13.1. The van der Waals surface area contributed by atoms with Crippen LogP contribution in [-0.4, -0.2) is 15.0 Å². The van der Waals surface area contributed by atoms with Crippen LogP contribution in [0.15, 0.2) is 24.4 Å². The summed E-state index contributed by atoms with van der Waals surface area (Å²) in [6, 6.07) is 6.23. The number of rotatable bonds is 4. The molecule has 1 aromatic carbocycles. The van der Waals surface area contributed by atoms with Crippen LogP contribution in [0.5, 0.6) is 0 Å². The zero-order valence-corrected chi connectivity index (χ0v) is 11.2. The first kappa shape index (κ1) is 12.8. The van der Waals surface area contributed by atoms with Crippen LogP contribution in [0.3, 0.4) is 0 Å². The number of aromatic nitrogens is 3. The number of nitrogens with two attached hydrogens (primary N) is 1. The molecule has 1 unspecified atom stereocenters. The van der Waals surface area contributed by atoms with Crippen LogP contribution >= 0.6 is 0 Å². The molecule has 4 heteroatoms. The van der Waals surface area contributed by atoms with Crippen molar-refractivity contribution in [1.29, 1.82) is 0 Å². The Bertz CT molecular complexity index is 530. The Morgan fingerprint density at radius 3 is 2.72 bits per heavy atom. The second-order valence-corrected chi connectivity index (χ2v) is 4.75. The van der Waals surface area contributed by atoms with Gasteiger partial charge in [0.25, 0.3) is 0 Å². The van der Waals surface area contributed by atoms with Crippen molar-refractivity contribution in [2.24, 2.45) is 5.73 Å². The second kappa shape index (κ2) is 5.31. The van der Waals surface area contributed by atoms with Gasteiger partial charge in [-0.05, 0) is 43.5 Å². The minimum Gasteiger partial charge on any atom is -0.323 e. The molecule has 2 aromatic rings. The molecule has 4 nitrogen and oxygen atoms in total. The molecular formula is C14H20N4. The summed E-state index contributed by atoms with van der Waals surface area (Å²) >= 11 is 0. The third-order valence-corrected chi connectivity index (χ3v) is 3.25. The Kier molecular flexibility index (Phi) is 3.77. The second-order valence-electron chi connectivity index (χ2n) is 4.75. The molecule has 2 rings (SSSR count). The fourth-order valence-electron chi connectivity index (χ4n) is 1.90. The molecule has 18 heavy (non-hydrogen) atoms. The maximum absolute atomic E-state index is 6.04. The van der Waals surface area contributed by atoms with Crippen LogP contribution in [0.2, 0.25) is 0 Å². The van der Waals surface area contributed by atoms with Crippen molar-refractivity contribution in [3.05, 3.63) is 41.2 Å². The van der Waals surface area contributed by atoms with Gasteiger partial charge in [0.05, 0.1) is 23.6 Å². The van der Waals surface area contributed by atoms with Crippen molar-refractivity contribution in [2.75, 3.05) is 0 Å². The SMILES string of the molecule is CCCC(N)c1cn(-c2ccc(C)c(C)c2)nn1. The van der Waals surface area contributed by atoms with E-state index in [1.54, 1.807) is 4.68 Å². The third-order valence-electron chi connectivity index (χ3n) is 3.25. The van der Waals surface area contributed by atoms with Gasteiger partial charge in [-0.25, -0.2) is 4.68 Å². The maximum Gasteiger partial charge on any atom is 0.0998 e. The van der Waals surface area contributed by atoms with E-state index in [1.807, 2.05) is 12.3 Å². The molecule has 2 N–H and O–H groups in total. The first-order valence-electron chi connectivity index (χ1n) is 6.37. The first-order chi connectivity index (χ1) is 8.61. The highest BCUT2D eigenvalue weighted by Crippen LogP contribution is 2.16. The lowest BCUT2D eigenvalue weighted by atomic mass is 10.1. The van der Waals surface area contributed by atoms with E-state index >= 15 is 0 Å². The van der Waals surface area contributed by atoms with Gasteiger partial charge in [-0.15, -0.1) is 5.10 Å². The predicted molar refractivity (Wildman–Crippen MR) is 72.7 cm³/mol. The lowest BCUT2D eigenvalue weighted by Crippen LogP contribution is -2.10. The molecule has 1 atom stereocenters. The summed E-state index contributed by atoms with van der Waals surface area (Å²) in [7, 11) is 0. The topological polar surface area (TPSA) is 56.7 Å². The number of hydrogen-bond donors (Lipinski definition) is 1. The van der Waals surface area contributed by atoms with Crippen LogP contribution in [0.4, 0.5) is 0 Å². The normalized spacial score (nSPS) is 12.7. The fraction of sp³-hybridized carbons (Fsp3) is 0.429. The van der Waals surface area contributed by atoms with Gasteiger partial charge in [-0.1, -0.05) is 24.6 Å². The number of aryl methyl sites for hydroxylation is 2. The standard InChI is InChI=1S/C14H20N4/c1-4-5-13(15)14-9-18(17-16-14)12-7-6-10(2)11(3)8-12/h6-9,13H,4-5,15H2,1-3H3. The Morgan fingerprint density at radius 2 is 2.06 bits per heavy atom. The van der Waals surface area contributed by atoms with Crippen LogP contribution in [0, 0.1) is 13.8 Å². The summed E-state index contributed by atoms with van der Waals surface area (Å²) in [5, 5.41) is 8.30. The number of benzene rings is 1. The highest BCUT2D eigenvalue weighted by molar-refractivity contribution is 5.38. The highest BCUT2D eigenvalue weighted by Gasteiger charge is 2.10. The third kappa shape index (κ3) is 2.59. The fourth-order valence-corrected chi connectivity index (χ4v) is 1.90. The lowest BCUT2D eigenvalue weighted by Gasteiger charge is -2.05. The summed E-state index contributed by atoms with van der Waals surface area (Å²) in [6.07, 6.45) is 3.91. The Labute approximate surface area is 108 Å². The van der Waals surface area contributed by atoms with Gasteiger partial charge >= 0.3 is 0 Å². The minimum absolute atomic E-state index is 0.0182. The summed E-state index contributed by atoms with van der Waals surface area (Å²) in [6.45, 7) is 6.32. The van der Waals surface area contributed by atoms with Crippen molar-refractivity contribution in [1.82, 2.24) is 15.0 Å². The van der Waals surface area contributed by atoms with Gasteiger partial charge in [0.2, 0.25) is 0 Å². The van der Waals surface area contributed by atoms with E-state index < -0.39 is 0 Å². The van der Waals surface area contributed by atoms with E-state index in [-0.39, 0.29) is 6.04 Å². The Morgan fingerprint density at radius 1 is 1.28 bits per heavy atom. The lowest BCUT2D eigenvalue weighted by molar-refractivity contribution is 0.619. The van der Waals surface area contributed by atoms with E-state index in [0.717, 1.165) is 24.2 Å². The molecule has 0 aliphatic carbocycles. The van der Waals surface area contributed by atoms with Gasteiger partial charge < -0.3 is 5.73 Å².